The first kappa shape index (κ1) is 19.7. The molecule has 4 aromatic rings. The highest BCUT2D eigenvalue weighted by atomic mass is 35.5. The Balaban J connectivity index is 1.66. The third kappa shape index (κ3) is 4.23. The summed E-state index contributed by atoms with van der Waals surface area (Å²) in [6, 6.07) is 16.1. The summed E-state index contributed by atoms with van der Waals surface area (Å²) in [5.41, 5.74) is 5.33. The zero-order chi connectivity index (χ0) is 20.4. The lowest BCUT2D eigenvalue weighted by Gasteiger charge is -2.11. The molecule has 7 heteroatoms. The summed E-state index contributed by atoms with van der Waals surface area (Å²) in [6.45, 7) is 6.01. The van der Waals surface area contributed by atoms with E-state index >= 15 is 0 Å². The van der Waals surface area contributed by atoms with E-state index in [4.69, 9.17) is 16.1 Å². The highest BCUT2D eigenvalue weighted by Crippen LogP contribution is 2.29. The standard InChI is InChI=1S/C22H21ClN4OS/c1-14-4-10-19(11-5-14)27-21(17-6-8-18(23)9-7-17)24-25-22(27)29-13-12-20-15(2)26-28-16(20)3/h4-11H,12-13H2,1-3H3. The van der Waals surface area contributed by atoms with Crippen LogP contribution in [0.2, 0.25) is 5.02 Å². The Morgan fingerprint density at radius 1 is 0.966 bits per heavy atom. The molecule has 4 rings (SSSR count). The molecule has 0 amide bonds. The molecular weight excluding hydrogens is 404 g/mol. The summed E-state index contributed by atoms with van der Waals surface area (Å²) in [4.78, 5) is 0. The van der Waals surface area contributed by atoms with Gasteiger partial charge < -0.3 is 4.52 Å². The fourth-order valence-corrected chi connectivity index (χ4v) is 4.21. The van der Waals surface area contributed by atoms with Crippen molar-refractivity contribution in [3.8, 4) is 17.1 Å². The number of thioether (sulfide) groups is 1. The minimum atomic E-state index is 0.698. The largest absolute Gasteiger partial charge is 0.361 e. The molecule has 0 spiro atoms. The normalized spacial score (nSPS) is 11.2. The minimum absolute atomic E-state index is 0.698. The van der Waals surface area contributed by atoms with Gasteiger partial charge in [0.25, 0.3) is 0 Å². The second-order valence-electron chi connectivity index (χ2n) is 6.89. The number of hydrogen-bond acceptors (Lipinski definition) is 5. The maximum Gasteiger partial charge on any atom is 0.196 e. The summed E-state index contributed by atoms with van der Waals surface area (Å²) in [6.07, 6.45) is 0.864. The van der Waals surface area contributed by atoms with Gasteiger partial charge in [0.05, 0.1) is 5.69 Å². The number of benzene rings is 2. The fraction of sp³-hybridized carbons (Fsp3) is 0.227. The van der Waals surface area contributed by atoms with E-state index in [9.17, 15) is 0 Å². The van der Waals surface area contributed by atoms with Crippen LogP contribution in [-0.4, -0.2) is 25.7 Å². The Bertz CT molecular complexity index is 1100. The second kappa shape index (κ2) is 8.43. The monoisotopic (exact) mass is 424 g/mol. The van der Waals surface area contributed by atoms with Gasteiger partial charge in [-0.2, -0.15) is 0 Å². The van der Waals surface area contributed by atoms with Crippen molar-refractivity contribution in [3.05, 3.63) is 76.1 Å². The van der Waals surface area contributed by atoms with Gasteiger partial charge in [0, 0.05) is 27.6 Å². The average molecular weight is 425 g/mol. The summed E-state index contributed by atoms with van der Waals surface area (Å²) in [7, 11) is 0. The van der Waals surface area contributed by atoms with Gasteiger partial charge in [0.15, 0.2) is 11.0 Å². The third-order valence-electron chi connectivity index (χ3n) is 4.79. The molecule has 2 heterocycles. The maximum atomic E-state index is 6.06. The summed E-state index contributed by atoms with van der Waals surface area (Å²) < 4.78 is 7.37. The van der Waals surface area contributed by atoms with Crippen LogP contribution in [0.25, 0.3) is 17.1 Å². The van der Waals surface area contributed by atoms with Gasteiger partial charge in [-0.3, -0.25) is 4.57 Å². The SMILES string of the molecule is Cc1ccc(-n2c(SCCc3c(C)noc3C)nnc2-c2ccc(Cl)cc2)cc1. The highest BCUT2D eigenvalue weighted by Gasteiger charge is 2.17. The molecule has 0 atom stereocenters. The van der Waals surface area contributed by atoms with Crippen molar-refractivity contribution in [2.75, 3.05) is 5.75 Å². The predicted octanol–water partition coefficient (Wildman–Crippen LogP) is 5.84. The number of halogens is 1. The molecule has 0 radical (unpaired) electrons. The molecule has 2 aromatic carbocycles. The fourth-order valence-electron chi connectivity index (χ4n) is 3.18. The van der Waals surface area contributed by atoms with Crippen LogP contribution in [0.5, 0.6) is 0 Å². The molecule has 0 unspecified atom stereocenters. The van der Waals surface area contributed by atoms with E-state index in [0.29, 0.717) is 5.02 Å². The summed E-state index contributed by atoms with van der Waals surface area (Å²) in [5.74, 6) is 2.53. The van der Waals surface area contributed by atoms with Gasteiger partial charge in [-0.25, -0.2) is 0 Å². The zero-order valence-electron chi connectivity index (χ0n) is 16.5. The minimum Gasteiger partial charge on any atom is -0.361 e. The lowest BCUT2D eigenvalue weighted by molar-refractivity contribution is 0.392. The van der Waals surface area contributed by atoms with Crippen molar-refractivity contribution >= 4 is 23.4 Å². The molecule has 0 aliphatic rings. The lowest BCUT2D eigenvalue weighted by atomic mass is 10.1. The summed E-state index contributed by atoms with van der Waals surface area (Å²) in [5, 5.41) is 14.6. The van der Waals surface area contributed by atoms with Gasteiger partial charge >= 0.3 is 0 Å². The Labute approximate surface area is 179 Å². The van der Waals surface area contributed by atoms with Crippen LogP contribution in [0.3, 0.4) is 0 Å². The van der Waals surface area contributed by atoms with Crippen LogP contribution in [0, 0.1) is 20.8 Å². The van der Waals surface area contributed by atoms with Gasteiger partial charge in [-0.05, 0) is 63.6 Å². The van der Waals surface area contributed by atoms with Crippen molar-refractivity contribution in [3.63, 3.8) is 0 Å². The molecule has 0 fully saturated rings. The van der Waals surface area contributed by atoms with Crippen LogP contribution >= 0.6 is 23.4 Å². The topological polar surface area (TPSA) is 56.7 Å². The molecule has 0 saturated carbocycles. The Morgan fingerprint density at radius 2 is 1.69 bits per heavy atom. The van der Waals surface area contributed by atoms with E-state index in [1.54, 1.807) is 11.8 Å². The van der Waals surface area contributed by atoms with Gasteiger partial charge in [0.2, 0.25) is 0 Å². The Hall–Kier alpha value is -2.57. The number of aromatic nitrogens is 4. The first-order valence-electron chi connectivity index (χ1n) is 9.36. The van der Waals surface area contributed by atoms with E-state index in [0.717, 1.165) is 51.4 Å². The molecule has 0 N–H and O–H groups in total. The van der Waals surface area contributed by atoms with Crippen LogP contribution in [0.4, 0.5) is 0 Å². The number of aryl methyl sites for hydroxylation is 3. The van der Waals surface area contributed by atoms with E-state index in [2.05, 4.69) is 51.1 Å². The number of rotatable bonds is 6. The van der Waals surface area contributed by atoms with Crippen LogP contribution in [0.15, 0.2) is 58.2 Å². The lowest BCUT2D eigenvalue weighted by Crippen LogP contribution is -2.01. The molecule has 2 aromatic heterocycles. The maximum absolute atomic E-state index is 6.06. The van der Waals surface area contributed by atoms with Gasteiger partial charge in [-0.1, -0.05) is 46.2 Å². The first-order chi connectivity index (χ1) is 14.0. The molecule has 148 valence electrons. The third-order valence-corrected chi connectivity index (χ3v) is 5.98. The van der Waals surface area contributed by atoms with Crippen LogP contribution in [-0.2, 0) is 6.42 Å². The zero-order valence-corrected chi connectivity index (χ0v) is 18.1. The number of hydrogen-bond donors (Lipinski definition) is 0. The molecule has 0 aliphatic carbocycles. The van der Waals surface area contributed by atoms with E-state index in [1.165, 1.54) is 5.56 Å². The molecule has 0 saturated heterocycles. The van der Waals surface area contributed by atoms with Gasteiger partial charge in [-0.15, -0.1) is 10.2 Å². The second-order valence-corrected chi connectivity index (χ2v) is 8.38. The smallest absolute Gasteiger partial charge is 0.196 e. The van der Waals surface area contributed by atoms with Crippen molar-refractivity contribution in [2.45, 2.75) is 32.3 Å². The van der Waals surface area contributed by atoms with Crippen LogP contribution < -0.4 is 0 Å². The highest BCUT2D eigenvalue weighted by molar-refractivity contribution is 7.99. The van der Waals surface area contributed by atoms with Crippen LogP contribution in [0.1, 0.15) is 22.6 Å². The van der Waals surface area contributed by atoms with Crippen molar-refractivity contribution in [1.82, 2.24) is 19.9 Å². The average Bonchev–Trinajstić information content (AvgIpc) is 3.27. The van der Waals surface area contributed by atoms with E-state index in [1.807, 2.05) is 38.1 Å². The Kier molecular flexibility index (Phi) is 5.74. The molecule has 0 bridgehead atoms. The van der Waals surface area contributed by atoms with E-state index < -0.39 is 0 Å². The van der Waals surface area contributed by atoms with Crippen molar-refractivity contribution in [2.24, 2.45) is 0 Å². The van der Waals surface area contributed by atoms with Crippen molar-refractivity contribution < 1.29 is 4.52 Å². The summed E-state index contributed by atoms with van der Waals surface area (Å²) >= 11 is 7.74. The van der Waals surface area contributed by atoms with Gasteiger partial charge in [0.1, 0.15) is 5.76 Å². The molecule has 0 aliphatic heterocycles. The number of nitrogens with zero attached hydrogens (tertiary/aromatic N) is 4. The quantitative estimate of drug-likeness (QED) is 0.364. The predicted molar refractivity (Wildman–Crippen MR) is 117 cm³/mol. The Morgan fingerprint density at radius 3 is 2.34 bits per heavy atom. The first-order valence-corrected chi connectivity index (χ1v) is 10.7. The molecule has 5 nitrogen and oxygen atoms in total. The molecular formula is C22H21ClN4OS. The van der Waals surface area contributed by atoms with Crippen molar-refractivity contribution in [1.29, 1.82) is 0 Å². The molecule has 29 heavy (non-hydrogen) atoms. The van der Waals surface area contributed by atoms with E-state index in [-0.39, 0.29) is 0 Å².